The molecule has 0 aliphatic carbocycles. The molecule has 2 rings (SSSR count). The van der Waals surface area contributed by atoms with Crippen LogP contribution in [0.2, 0.25) is 0 Å². The molecule has 0 radical (unpaired) electrons. The molecule has 1 aromatic rings. The number of aryl methyl sites for hydroxylation is 2. The van der Waals surface area contributed by atoms with Gasteiger partial charge in [0, 0.05) is 25.2 Å². The van der Waals surface area contributed by atoms with E-state index < -0.39 is 9.84 Å². The van der Waals surface area contributed by atoms with Crippen molar-refractivity contribution in [3.8, 4) is 0 Å². The SMILES string of the molecule is CCNC(Cc1cc(CC)nn1C)C1CCCCS1(=O)=O. The van der Waals surface area contributed by atoms with Crippen LogP contribution in [-0.2, 0) is 29.7 Å². The molecule has 21 heavy (non-hydrogen) atoms. The van der Waals surface area contributed by atoms with Crippen molar-refractivity contribution in [1.29, 1.82) is 0 Å². The van der Waals surface area contributed by atoms with Gasteiger partial charge in [-0.15, -0.1) is 0 Å². The summed E-state index contributed by atoms with van der Waals surface area (Å²) in [6.07, 6.45) is 4.22. The van der Waals surface area contributed by atoms with Crippen LogP contribution in [0.1, 0.15) is 44.5 Å². The minimum atomic E-state index is -2.97. The smallest absolute Gasteiger partial charge is 0.154 e. The van der Waals surface area contributed by atoms with Crippen molar-refractivity contribution in [2.45, 2.75) is 57.2 Å². The lowest BCUT2D eigenvalue weighted by Gasteiger charge is -2.30. The van der Waals surface area contributed by atoms with Gasteiger partial charge in [-0.05, 0) is 31.9 Å². The third-order valence-corrected chi connectivity index (χ3v) is 6.71. The Morgan fingerprint density at radius 2 is 2.19 bits per heavy atom. The van der Waals surface area contributed by atoms with Gasteiger partial charge in [0.25, 0.3) is 0 Å². The van der Waals surface area contributed by atoms with Gasteiger partial charge in [0.05, 0.1) is 16.7 Å². The second-order valence-corrected chi connectivity index (χ2v) is 8.21. The van der Waals surface area contributed by atoms with Gasteiger partial charge < -0.3 is 5.32 Å². The summed E-state index contributed by atoms with van der Waals surface area (Å²) in [5.74, 6) is 0.338. The van der Waals surface area contributed by atoms with E-state index in [0.717, 1.165) is 50.0 Å². The van der Waals surface area contributed by atoms with Gasteiger partial charge in [-0.25, -0.2) is 8.42 Å². The number of hydrogen-bond donors (Lipinski definition) is 1. The monoisotopic (exact) mass is 313 g/mol. The summed E-state index contributed by atoms with van der Waals surface area (Å²) >= 11 is 0. The van der Waals surface area contributed by atoms with Crippen molar-refractivity contribution in [2.75, 3.05) is 12.3 Å². The zero-order valence-electron chi connectivity index (χ0n) is 13.3. The van der Waals surface area contributed by atoms with Gasteiger partial charge in [0.15, 0.2) is 9.84 Å². The molecule has 1 aliphatic heterocycles. The van der Waals surface area contributed by atoms with E-state index in [1.807, 2.05) is 18.7 Å². The molecule has 1 fully saturated rings. The molecule has 0 aromatic carbocycles. The largest absolute Gasteiger partial charge is 0.313 e. The lowest BCUT2D eigenvalue weighted by Crippen LogP contribution is -2.48. The van der Waals surface area contributed by atoms with Crippen molar-refractivity contribution in [1.82, 2.24) is 15.1 Å². The van der Waals surface area contributed by atoms with Crippen LogP contribution in [0.3, 0.4) is 0 Å². The summed E-state index contributed by atoms with van der Waals surface area (Å²) in [4.78, 5) is 0. The summed E-state index contributed by atoms with van der Waals surface area (Å²) in [5.41, 5.74) is 2.17. The standard InChI is InChI=1S/C15H27N3O2S/c1-4-12-10-13(18(3)17-12)11-14(16-5-2)15-8-6-7-9-21(15,19)20/h10,14-16H,4-9,11H2,1-3H3. The van der Waals surface area contributed by atoms with Crippen molar-refractivity contribution < 1.29 is 8.42 Å². The van der Waals surface area contributed by atoms with Crippen LogP contribution in [0.15, 0.2) is 6.07 Å². The Morgan fingerprint density at radius 3 is 2.76 bits per heavy atom. The van der Waals surface area contributed by atoms with E-state index >= 15 is 0 Å². The molecule has 2 atom stereocenters. The van der Waals surface area contributed by atoms with E-state index in [1.165, 1.54) is 0 Å². The highest BCUT2D eigenvalue weighted by Gasteiger charge is 2.35. The van der Waals surface area contributed by atoms with E-state index in [4.69, 9.17) is 0 Å². The van der Waals surface area contributed by atoms with E-state index in [0.29, 0.717) is 5.75 Å². The molecule has 2 heterocycles. The van der Waals surface area contributed by atoms with E-state index in [-0.39, 0.29) is 11.3 Å². The third kappa shape index (κ3) is 3.86. The fourth-order valence-corrected chi connectivity index (χ4v) is 5.32. The molecule has 1 aromatic heterocycles. The Balaban J connectivity index is 2.20. The highest BCUT2D eigenvalue weighted by molar-refractivity contribution is 7.92. The lowest BCUT2D eigenvalue weighted by atomic mass is 10.0. The molecule has 2 unspecified atom stereocenters. The first kappa shape index (κ1) is 16.5. The molecule has 6 heteroatoms. The first-order chi connectivity index (χ1) is 9.97. The summed E-state index contributed by atoms with van der Waals surface area (Å²) in [7, 11) is -1.03. The first-order valence-electron chi connectivity index (χ1n) is 7.94. The predicted octanol–water partition coefficient (Wildman–Crippen LogP) is 1.47. The molecule has 5 nitrogen and oxygen atoms in total. The van der Waals surface area contributed by atoms with Crippen molar-refractivity contribution in [3.05, 3.63) is 17.5 Å². The van der Waals surface area contributed by atoms with Gasteiger partial charge in [-0.2, -0.15) is 5.10 Å². The molecule has 1 saturated heterocycles. The Labute approximate surface area is 128 Å². The minimum Gasteiger partial charge on any atom is -0.313 e. The topological polar surface area (TPSA) is 64.0 Å². The Kier molecular flexibility index (Phi) is 5.43. The summed E-state index contributed by atoms with van der Waals surface area (Å²) < 4.78 is 26.6. The van der Waals surface area contributed by atoms with Gasteiger partial charge in [-0.1, -0.05) is 20.3 Å². The van der Waals surface area contributed by atoms with Crippen LogP contribution in [0.25, 0.3) is 0 Å². The molecular weight excluding hydrogens is 286 g/mol. The highest BCUT2D eigenvalue weighted by atomic mass is 32.2. The summed E-state index contributed by atoms with van der Waals surface area (Å²) in [6, 6.07) is 2.08. The number of nitrogens with one attached hydrogen (secondary N) is 1. The number of nitrogens with zero attached hydrogens (tertiary/aromatic N) is 2. The molecule has 0 bridgehead atoms. The van der Waals surface area contributed by atoms with Crippen LogP contribution >= 0.6 is 0 Å². The zero-order valence-corrected chi connectivity index (χ0v) is 14.1. The maximum Gasteiger partial charge on any atom is 0.154 e. The van der Waals surface area contributed by atoms with Gasteiger partial charge in [-0.3, -0.25) is 4.68 Å². The van der Waals surface area contributed by atoms with Crippen LogP contribution in [0, 0.1) is 0 Å². The molecule has 0 saturated carbocycles. The van der Waals surface area contributed by atoms with Crippen LogP contribution in [0.5, 0.6) is 0 Å². The van der Waals surface area contributed by atoms with E-state index in [1.54, 1.807) is 0 Å². The Hall–Kier alpha value is -0.880. The minimum absolute atomic E-state index is 0.0135. The highest BCUT2D eigenvalue weighted by Crippen LogP contribution is 2.24. The number of hydrogen-bond acceptors (Lipinski definition) is 4. The van der Waals surface area contributed by atoms with Crippen molar-refractivity contribution in [2.24, 2.45) is 7.05 Å². The second-order valence-electron chi connectivity index (χ2n) is 5.87. The number of aromatic nitrogens is 2. The Morgan fingerprint density at radius 1 is 1.43 bits per heavy atom. The van der Waals surface area contributed by atoms with Crippen molar-refractivity contribution in [3.63, 3.8) is 0 Å². The number of likely N-dealkylation sites (N-methyl/N-ethyl adjacent to an activating group) is 1. The number of rotatable bonds is 6. The molecule has 0 amide bonds. The van der Waals surface area contributed by atoms with Crippen molar-refractivity contribution >= 4 is 9.84 Å². The summed E-state index contributed by atoms with van der Waals surface area (Å²) in [6.45, 7) is 4.90. The maximum atomic E-state index is 12.4. The average Bonchev–Trinajstić information content (AvgIpc) is 2.78. The lowest BCUT2D eigenvalue weighted by molar-refractivity contribution is 0.433. The van der Waals surface area contributed by atoms with Crippen LogP contribution in [0.4, 0.5) is 0 Å². The maximum absolute atomic E-state index is 12.4. The zero-order chi connectivity index (χ0) is 15.5. The molecular formula is C15H27N3O2S. The van der Waals surface area contributed by atoms with Gasteiger partial charge in [0.2, 0.25) is 0 Å². The quantitative estimate of drug-likeness (QED) is 0.864. The molecule has 1 N–H and O–H groups in total. The molecule has 0 spiro atoms. The van der Waals surface area contributed by atoms with E-state index in [9.17, 15) is 8.42 Å². The normalized spacial score (nSPS) is 23.1. The van der Waals surface area contributed by atoms with Crippen LogP contribution in [-0.4, -0.2) is 41.8 Å². The average molecular weight is 313 g/mol. The Bertz CT molecular complexity index is 565. The number of sulfone groups is 1. The third-order valence-electron chi connectivity index (χ3n) is 4.36. The fourth-order valence-electron chi connectivity index (χ4n) is 3.19. The fraction of sp³-hybridized carbons (Fsp3) is 0.800. The predicted molar refractivity (Wildman–Crippen MR) is 85.2 cm³/mol. The summed E-state index contributed by atoms with van der Waals surface area (Å²) in [5, 5.41) is 7.60. The second kappa shape index (κ2) is 6.92. The van der Waals surface area contributed by atoms with E-state index in [2.05, 4.69) is 23.4 Å². The molecule has 1 aliphatic rings. The van der Waals surface area contributed by atoms with Gasteiger partial charge >= 0.3 is 0 Å². The van der Waals surface area contributed by atoms with Gasteiger partial charge in [0.1, 0.15) is 0 Å². The molecule has 120 valence electrons. The van der Waals surface area contributed by atoms with Crippen LogP contribution < -0.4 is 5.32 Å². The first-order valence-corrected chi connectivity index (χ1v) is 9.66.